The Bertz CT molecular complexity index is 1980. The second-order valence-electron chi connectivity index (χ2n) is 15.5. The Hall–Kier alpha value is -4.58. The van der Waals surface area contributed by atoms with Crippen molar-refractivity contribution in [3.8, 4) is 17.1 Å². The fraction of sp³-hybridized carbons (Fsp3) is 0.447. The lowest BCUT2D eigenvalue weighted by molar-refractivity contribution is 0.0505. The number of carbonyl (C=O) groups is 1. The van der Waals surface area contributed by atoms with Crippen molar-refractivity contribution in [2.24, 2.45) is 10.8 Å². The fourth-order valence-electron chi connectivity index (χ4n) is 6.68. The predicted molar refractivity (Wildman–Crippen MR) is 195 cm³/mol. The molecule has 12 heteroatoms. The highest BCUT2D eigenvalue weighted by Gasteiger charge is 2.33. The summed E-state index contributed by atoms with van der Waals surface area (Å²) in [4.78, 5) is 37.1. The molecule has 2 aromatic heterocycles. The monoisotopic (exact) mass is 697 g/mol. The lowest BCUT2D eigenvalue weighted by Gasteiger charge is -2.38. The van der Waals surface area contributed by atoms with Gasteiger partial charge in [-0.3, -0.25) is 4.79 Å². The summed E-state index contributed by atoms with van der Waals surface area (Å²) in [7, 11) is -4.18. The molecule has 4 heterocycles. The molecule has 0 spiro atoms. The average Bonchev–Trinajstić information content (AvgIpc) is 3.04. The van der Waals surface area contributed by atoms with E-state index in [1.165, 1.54) is 12.1 Å². The van der Waals surface area contributed by atoms with Gasteiger partial charge >= 0.3 is 0 Å². The largest absolute Gasteiger partial charge is 0.475 e. The molecular weight excluding hydrogens is 651 g/mol. The van der Waals surface area contributed by atoms with E-state index in [1.807, 2.05) is 38.1 Å². The van der Waals surface area contributed by atoms with Crippen molar-refractivity contribution in [3.63, 3.8) is 0 Å². The van der Waals surface area contributed by atoms with Gasteiger partial charge in [0.05, 0.1) is 23.2 Å². The number of amides is 1. The molecule has 0 aliphatic carbocycles. The van der Waals surface area contributed by atoms with E-state index in [9.17, 15) is 13.2 Å². The number of fused-ring (bicyclic) bond motifs is 4. The maximum absolute atomic E-state index is 14.5. The van der Waals surface area contributed by atoms with Crippen LogP contribution in [0.2, 0.25) is 0 Å². The number of rotatable bonds is 5. The van der Waals surface area contributed by atoms with Gasteiger partial charge in [0.2, 0.25) is 11.8 Å². The van der Waals surface area contributed by atoms with Crippen LogP contribution in [0.3, 0.4) is 0 Å². The van der Waals surface area contributed by atoms with Gasteiger partial charge in [0.25, 0.3) is 15.9 Å². The van der Waals surface area contributed by atoms with Gasteiger partial charge in [-0.25, -0.2) is 28.1 Å². The Morgan fingerprint density at radius 3 is 2.36 bits per heavy atom. The number of hydrogen-bond acceptors (Lipinski definition) is 9. The van der Waals surface area contributed by atoms with Gasteiger partial charge in [-0.1, -0.05) is 58.9 Å². The van der Waals surface area contributed by atoms with Crippen molar-refractivity contribution < 1.29 is 17.9 Å². The minimum atomic E-state index is -4.18. The molecule has 2 aromatic carbocycles. The summed E-state index contributed by atoms with van der Waals surface area (Å²) in [5, 5.41) is 0. The first-order chi connectivity index (χ1) is 23.6. The highest BCUT2D eigenvalue weighted by molar-refractivity contribution is 7.92. The number of aryl methyl sites for hydroxylation is 2. The molecule has 2 aliphatic rings. The van der Waals surface area contributed by atoms with Gasteiger partial charge in [-0.05, 0) is 79.3 Å². The molecule has 1 N–H and O–H groups in total. The first-order valence-electron chi connectivity index (χ1n) is 17.2. The van der Waals surface area contributed by atoms with Crippen LogP contribution in [-0.2, 0) is 16.6 Å². The lowest BCUT2D eigenvalue weighted by Crippen LogP contribution is -2.45. The van der Waals surface area contributed by atoms with Gasteiger partial charge in [-0.2, -0.15) is 4.98 Å². The minimum absolute atomic E-state index is 0.0790. The van der Waals surface area contributed by atoms with Crippen molar-refractivity contribution in [1.82, 2.24) is 24.8 Å². The number of nitrogens with zero attached hydrogens (tertiary/aromatic N) is 6. The van der Waals surface area contributed by atoms with Gasteiger partial charge in [0, 0.05) is 36.5 Å². The third-order valence-electron chi connectivity index (χ3n) is 9.47. The smallest absolute Gasteiger partial charge is 0.264 e. The summed E-state index contributed by atoms with van der Waals surface area (Å²) in [6, 6.07) is 15.2. The Morgan fingerprint density at radius 2 is 1.66 bits per heavy atom. The maximum Gasteiger partial charge on any atom is 0.264 e. The summed E-state index contributed by atoms with van der Waals surface area (Å²) < 4.78 is 36.4. The summed E-state index contributed by atoms with van der Waals surface area (Å²) in [5.41, 5.74) is 3.67. The number of carbonyl (C=O) groups excluding carboxylic acids is 1. The van der Waals surface area contributed by atoms with Gasteiger partial charge < -0.3 is 14.5 Å². The average molecular weight is 698 g/mol. The molecule has 0 saturated carbocycles. The first-order valence-corrected chi connectivity index (χ1v) is 18.6. The van der Waals surface area contributed by atoms with Crippen molar-refractivity contribution in [2.75, 3.05) is 29.3 Å². The van der Waals surface area contributed by atoms with Crippen LogP contribution in [0.15, 0.2) is 65.7 Å². The molecule has 264 valence electrons. The molecule has 11 nitrogen and oxygen atoms in total. The van der Waals surface area contributed by atoms with Crippen LogP contribution in [0, 0.1) is 24.7 Å². The molecule has 1 fully saturated rings. The second kappa shape index (κ2) is 13.6. The van der Waals surface area contributed by atoms with E-state index in [2.05, 4.69) is 59.2 Å². The number of nitrogens with one attached hydrogen (secondary N) is 1. The Morgan fingerprint density at radius 1 is 0.960 bits per heavy atom. The molecule has 2 aliphatic heterocycles. The van der Waals surface area contributed by atoms with Crippen LogP contribution in [-0.4, -0.2) is 64.9 Å². The molecule has 50 heavy (non-hydrogen) atoms. The summed E-state index contributed by atoms with van der Waals surface area (Å²) >= 11 is 0. The van der Waals surface area contributed by atoms with Crippen molar-refractivity contribution in [1.29, 1.82) is 0 Å². The minimum Gasteiger partial charge on any atom is -0.475 e. The normalized spacial score (nSPS) is 19.0. The van der Waals surface area contributed by atoms with Gasteiger partial charge in [0.1, 0.15) is 18.2 Å². The van der Waals surface area contributed by atoms with Crippen LogP contribution in [0.4, 0.5) is 11.8 Å². The number of ether oxygens (including phenoxy) is 1. The molecular formula is C38H47N7O4S. The molecule has 0 radical (unpaired) electrons. The molecule has 1 atom stereocenters. The third kappa shape index (κ3) is 8.07. The fourth-order valence-corrected chi connectivity index (χ4v) is 7.67. The van der Waals surface area contributed by atoms with E-state index in [4.69, 9.17) is 9.72 Å². The first kappa shape index (κ1) is 35.3. The van der Waals surface area contributed by atoms with Gasteiger partial charge in [-0.15, -0.1) is 0 Å². The molecule has 4 aromatic rings. The van der Waals surface area contributed by atoms with Gasteiger partial charge in [0.15, 0.2) is 0 Å². The van der Waals surface area contributed by atoms with E-state index < -0.39 is 16.1 Å². The van der Waals surface area contributed by atoms with E-state index >= 15 is 0 Å². The number of aromatic nitrogens is 4. The molecule has 0 unspecified atom stereocenters. The van der Waals surface area contributed by atoms with Crippen LogP contribution < -0.4 is 14.4 Å². The van der Waals surface area contributed by atoms with Crippen LogP contribution in [0.5, 0.6) is 5.88 Å². The summed E-state index contributed by atoms with van der Waals surface area (Å²) in [5.74, 6) is 1.06. The van der Waals surface area contributed by atoms with E-state index in [0.717, 1.165) is 48.4 Å². The lowest BCUT2D eigenvalue weighted by atomic mass is 9.83. The Kier molecular flexibility index (Phi) is 9.60. The zero-order valence-electron chi connectivity index (χ0n) is 30.0. The Labute approximate surface area is 295 Å². The number of hydrogen-bond donors (Lipinski definition) is 1. The van der Waals surface area contributed by atoms with E-state index in [-0.39, 0.29) is 46.8 Å². The standard InChI is InChI=1S/C38H47N7O4S/c1-25-10-8-11-26(2)34(25)30-21-33-42-36(40-30)43-50(47,48)29-13-9-12-27(20-29)35(46)45(28(24-49-33)22-37(3,4)5)23-31-39-17-14-32(41-31)44-18-15-38(6,7)16-19-44/h8-14,17,20-21,28H,15-16,18-19,22-24H2,1-7H3,(H,40,42,43)/t28-/m1/s1. The number of anilines is 2. The highest BCUT2D eigenvalue weighted by atomic mass is 32.2. The number of benzene rings is 2. The topological polar surface area (TPSA) is 131 Å². The van der Waals surface area contributed by atoms with E-state index in [1.54, 1.807) is 29.3 Å². The van der Waals surface area contributed by atoms with Crippen molar-refractivity contribution in [2.45, 2.75) is 85.2 Å². The van der Waals surface area contributed by atoms with E-state index in [0.29, 0.717) is 23.4 Å². The maximum atomic E-state index is 14.5. The summed E-state index contributed by atoms with van der Waals surface area (Å²) in [6.07, 6.45) is 4.45. The molecule has 6 rings (SSSR count). The van der Waals surface area contributed by atoms with Crippen LogP contribution in [0.1, 0.15) is 81.2 Å². The SMILES string of the molecule is Cc1cccc(C)c1-c1cc2nc(n1)NS(=O)(=O)c1cccc(c1)C(=O)N(Cc1nccc(N3CCC(C)(C)CC3)n1)[C@H](CC(C)(C)C)CO2. The predicted octanol–water partition coefficient (Wildman–Crippen LogP) is 6.82. The quantitative estimate of drug-likeness (QED) is 0.239. The van der Waals surface area contributed by atoms with Crippen molar-refractivity contribution in [3.05, 3.63) is 83.3 Å². The van der Waals surface area contributed by atoms with Crippen LogP contribution >= 0.6 is 0 Å². The Balaban J connectivity index is 1.44. The zero-order chi connectivity index (χ0) is 35.8. The third-order valence-corrected chi connectivity index (χ3v) is 10.8. The van der Waals surface area contributed by atoms with Crippen molar-refractivity contribution >= 4 is 27.7 Å². The summed E-state index contributed by atoms with van der Waals surface area (Å²) in [6.45, 7) is 16.9. The molecule has 1 saturated heterocycles. The number of sulfonamides is 1. The molecule has 1 amide bonds. The number of piperidine rings is 1. The zero-order valence-corrected chi connectivity index (χ0v) is 30.8. The van der Waals surface area contributed by atoms with Crippen LogP contribution in [0.25, 0.3) is 11.3 Å². The highest BCUT2D eigenvalue weighted by Crippen LogP contribution is 2.33. The second-order valence-corrected chi connectivity index (χ2v) is 17.1. The molecule has 4 bridgehead atoms.